The molecule has 0 bridgehead atoms. The van der Waals surface area contributed by atoms with E-state index < -0.39 is 5.97 Å². The van der Waals surface area contributed by atoms with Crippen LogP contribution in [0.2, 0.25) is 0 Å². The highest BCUT2D eigenvalue weighted by atomic mass is 32.1. The number of aryl methyl sites for hydroxylation is 3. The molecule has 24 heavy (non-hydrogen) atoms. The van der Waals surface area contributed by atoms with Crippen molar-refractivity contribution in [2.75, 3.05) is 13.2 Å². The van der Waals surface area contributed by atoms with Crippen molar-refractivity contribution in [3.05, 3.63) is 44.9 Å². The third-order valence-electron chi connectivity index (χ3n) is 3.37. The van der Waals surface area contributed by atoms with Gasteiger partial charge in [0.25, 0.3) is 0 Å². The smallest absolute Gasteiger partial charge is 0.347 e. The average molecular weight is 348 g/mol. The lowest BCUT2D eigenvalue weighted by Gasteiger charge is -2.10. The lowest BCUT2D eigenvalue weighted by Crippen LogP contribution is -2.29. The van der Waals surface area contributed by atoms with E-state index in [2.05, 4.69) is 10.3 Å². The Kier molecular flexibility index (Phi) is 5.92. The first-order chi connectivity index (χ1) is 11.4. The minimum atomic E-state index is -1.02. The summed E-state index contributed by atoms with van der Waals surface area (Å²) < 4.78 is 5.67. The number of carboxylic acids is 1. The second-order valence-electron chi connectivity index (χ2n) is 5.47. The molecule has 0 spiro atoms. The molecule has 1 aromatic carbocycles. The van der Waals surface area contributed by atoms with Crippen molar-refractivity contribution in [2.24, 2.45) is 0 Å². The van der Waals surface area contributed by atoms with Gasteiger partial charge < -0.3 is 15.2 Å². The minimum Gasteiger partial charge on any atom is -0.491 e. The monoisotopic (exact) mass is 348 g/mol. The van der Waals surface area contributed by atoms with Crippen molar-refractivity contribution >= 4 is 23.2 Å². The molecule has 1 aromatic heterocycles. The van der Waals surface area contributed by atoms with Crippen LogP contribution >= 0.6 is 11.3 Å². The molecular weight excluding hydrogens is 328 g/mol. The molecule has 1 heterocycles. The van der Waals surface area contributed by atoms with Gasteiger partial charge in [-0.05, 0) is 38.0 Å². The van der Waals surface area contributed by atoms with Crippen LogP contribution in [-0.2, 0) is 11.2 Å². The number of aromatic nitrogens is 1. The van der Waals surface area contributed by atoms with Crippen LogP contribution in [0.4, 0.5) is 0 Å². The predicted molar refractivity (Wildman–Crippen MR) is 91.9 cm³/mol. The molecule has 0 atom stereocenters. The van der Waals surface area contributed by atoms with E-state index in [4.69, 9.17) is 9.84 Å². The van der Waals surface area contributed by atoms with Gasteiger partial charge in [0.2, 0.25) is 5.91 Å². The quantitative estimate of drug-likeness (QED) is 0.751. The standard InChI is InChI=1S/C17H20N2O4S/c1-10-4-5-11(2)13(8-10)23-7-6-18-14(20)9-15-19-12(3)16(24-15)17(21)22/h4-5,8H,6-7,9H2,1-3H3,(H,18,20)(H,21,22). The lowest BCUT2D eigenvalue weighted by atomic mass is 10.1. The maximum atomic E-state index is 11.9. The normalized spacial score (nSPS) is 10.5. The van der Waals surface area contributed by atoms with Crippen LogP contribution in [0.25, 0.3) is 0 Å². The number of thiazole rings is 1. The number of nitrogens with zero attached hydrogens (tertiary/aromatic N) is 1. The van der Waals surface area contributed by atoms with Crippen molar-refractivity contribution in [3.63, 3.8) is 0 Å². The average Bonchev–Trinajstić information content (AvgIpc) is 2.87. The SMILES string of the molecule is Cc1ccc(C)c(OCCNC(=O)Cc2nc(C)c(C(=O)O)s2)c1. The molecule has 2 N–H and O–H groups in total. The molecule has 0 unspecified atom stereocenters. The maximum Gasteiger partial charge on any atom is 0.347 e. The maximum absolute atomic E-state index is 11.9. The van der Waals surface area contributed by atoms with Crippen LogP contribution in [0.3, 0.4) is 0 Å². The summed E-state index contributed by atoms with van der Waals surface area (Å²) in [4.78, 5) is 27.2. The molecule has 0 aliphatic heterocycles. The highest BCUT2D eigenvalue weighted by molar-refractivity contribution is 7.13. The molecule has 1 amide bonds. The van der Waals surface area contributed by atoms with Gasteiger partial charge in [0, 0.05) is 0 Å². The van der Waals surface area contributed by atoms with Gasteiger partial charge in [0.05, 0.1) is 18.7 Å². The Balaban J connectivity index is 1.78. The fourth-order valence-electron chi connectivity index (χ4n) is 2.14. The number of amides is 1. The molecule has 7 heteroatoms. The van der Waals surface area contributed by atoms with E-state index >= 15 is 0 Å². The molecule has 0 aliphatic rings. The molecular formula is C17H20N2O4S. The van der Waals surface area contributed by atoms with Gasteiger partial charge in [0.1, 0.15) is 22.2 Å². The van der Waals surface area contributed by atoms with Crippen LogP contribution in [-0.4, -0.2) is 35.1 Å². The summed E-state index contributed by atoms with van der Waals surface area (Å²) in [6, 6.07) is 5.97. The number of hydrogen-bond donors (Lipinski definition) is 2. The van der Waals surface area contributed by atoms with Crippen molar-refractivity contribution < 1.29 is 19.4 Å². The van der Waals surface area contributed by atoms with Crippen molar-refractivity contribution in [1.82, 2.24) is 10.3 Å². The first kappa shape index (κ1) is 17.9. The number of ether oxygens (including phenoxy) is 1. The van der Waals surface area contributed by atoms with Gasteiger partial charge in [-0.3, -0.25) is 4.79 Å². The Morgan fingerprint density at radius 2 is 2.04 bits per heavy atom. The number of rotatable bonds is 7. The Bertz CT molecular complexity index is 755. The minimum absolute atomic E-state index is 0.0717. The van der Waals surface area contributed by atoms with E-state index in [1.807, 2.05) is 32.0 Å². The van der Waals surface area contributed by atoms with E-state index in [-0.39, 0.29) is 17.2 Å². The highest BCUT2D eigenvalue weighted by Gasteiger charge is 2.15. The van der Waals surface area contributed by atoms with E-state index in [1.54, 1.807) is 6.92 Å². The van der Waals surface area contributed by atoms with Gasteiger partial charge in [-0.1, -0.05) is 12.1 Å². The van der Waals surface area contributed by atoms with Gasteiger partial charge in [-0.2, -0.15) is 0 Å². The number of carboxylic acid groups (broad SMARTS) is 1. The van der Waals surface area contributed by atoms with Gasteiger partial charge in [-0.15, -0.1) is 11.3 Å². The van der Waals surface area contributed by atoms with Crippen LogP contribution in [0.1, 0.15) is 31.5 Å². The summed E-state index contributed by atoms with van der Waals surface area (Å²) in [7, 11) is 0. The first-order valence-corrected chi connectivity index (χ1v) is 8.35. The van der Waals surface area contributed by atoms with E-state index in [0.717, 1.165) is 28.2 Å². The summed E-state index contributed by atoms with van der Waals surface area (Å²) in [5, 5.41) is 12.2. The van der Waals surface area contributed by atoms with Crippen LogP contribution < -0.4 is 10.1 Å². The molecule has 2 aromatic rings. The summed E-state index contributed by atoms with van der Waals surface area (Å²) in [5.74, 6) is -0.408. The molecule has 0 aliphatic carbocycles. The number of benzene rings is 1. The zero-order valence-electron chi connectivity index (χ0n) is 13.9. The van der Waals surface area contributed by atoms with E-state index in [0.29, 0.717) is 23.9 Å². The Morgan fingerprint density at radius 3 is 2.71 bits per heavy atom. The third-order valence-corrected chi connectivity index (χ3v) is 4.52. The largest absolute Gasteiger partial charge is 0.491 e. The van der Waals surface area contributed by atoms with Crippen LogP contribution in [0.15, 0.2) is 18.2 Å². The molecule has 6 nitrogen and oxygen atoms in total. The highest BCUT2D eigenvalue weighted by Crippen LogP contribution is 2.19. The van der Waals surface area contributed by atoms with Crippen molar-refractivity contribution in [3.8, 4) is 5.75 Å². The van der Waals surface area contributed by atoms with E-state index in [1.165, 1.54) is 0 Å². The Labute approximate surface area is 144 Å². The van der Waals surface area contributed by atoms with Gasteiger partial charge in [-0.25, -0.2) is 9.78 Å². The van der Waals surface area contributed by atoms with Crippen molar-refractivity contribution in [2.45, 2.75) is 27.2 Å². The third kappa shape index (κ3) is 4.79. The summed E-state index contributed by atoms with van der Waals surface area (Å²) >= 11 is 1.03. The molecule has 2 rings (SSSR count). The fraction of sp³-hybridized carbons (Fsp3) is 0.353. The zero-order chi connectivity index (χ0) is 17.7. The molecule has 0 radical (unpaired) electrons. The number of carbonyl (C=O) groups is 2. The first-order valence-electron chi connectivity index (χ1n) is 7.53. The second-order valence-corrected chi connectivity index (χ2v) is 6.56. The predicted octanol–water partition coefficient (Wildman–Crippen LogP) is 2.50. The number of aromatic carboxylic acids is 1. The number of hydrogen-bond acceptors (Lipinski definition) is 5. The van der Waals surface area contributed by atoms with Crippen LogP contribution in [0.5, 0.6) is 5.75 Å². The zero-order valence-corrected chi connectivity index (χ0v) is 14.7. The number of carbonyl (C=O) groups excluding carboxylic acids is 1. The molecule has 128 valence electrons. The topological polar surface area (TPSA) is 88.5 Å². The summed E-state index contributed by atoms with van der Waals surface area (Å²) in [5.41, 5.74) is 2.60. The Morgan fingerprint density at radius 1 is 1.29 bits per heavy atom. The van der Waals surface area contributed by atoms with Crippen molar-refractivity contribution in [1.29, 1.82) is 0 Å². The van der Waals surface area contributed by atoms with Gasteiger partial charge >= 0.3 is 5.97 Å². The second kappa shape index (κ2) is 7.92. The van der Waals surface area contributed by atoms with E-state index in [9.17, 15) is 9.59 Å². The fourth-order valence-corrected chi connectivity index (χ4v) is 3.04. The molecule has 0 saturated carbocycles. The molecule has 0 fully saturated rings. The number of nitrogens with one attached hydrogen (secondary N) is 1. The summed E-state index contributed by atoms with van der Waals surface area (Å²) in [6.45, 7) is 6.34. The lowest BCUT2D eigenvalue weighted by molar-refractivity contribution is -0.120. The Hall–Kier alpha value is -2.41. The van der Waals surface area contributed by atoms with Crippen LogP contribution in [0, 0.1) is 20.8 Å². The van der Waals surface area contributed by atoms with Gasteiger partial charge in [0.15, 0.2) is 0 Å². The molecule has 0 saturated heterocycles. The summed E-state index contributed by atoms with van der Waals surface area (Å²) in [6.07, 6.45) is 0.0717.